The molecule has 0 aliphatic carbocycles. The molecule has 21 heavy (non-hydrogen) atoms. The van der Waals surface area contributed by atoms with Crippen molar-refractivity contribution in [2.75, 3.05) is 5.32 Å². The van der Waals surface area contributed by atoms with E-state index in [-0.39, 0.29) is 5.91 Å². The molecular formula is C17H13BrN2O. The summed E-state index contributed by atoms with van der Waals surface area (Å²) >= 11 is 3.44. The molecule has 1 aromatic heterocycles. The molecule has 0 saturated carbocycles. The van der Waals surface area contributed by atoms with Gasteiger partial charge in [-0.2, -0.15) is 0 Å². The molecular weight excluding hydrogens is 328 g/mol. The van der Waals surface area contributed by atoms with Crippen LogP contribution in [0.5, 0.6) is 0 Å². The number of benzene rings is 2. The van der Waals surface area contributed by atoms with Crippen molar-refractivity contribution in [3.63, 3.8) is 0 Å². The number of aryl methyl sites for hydroxylation is 1. The first kappa shape index (κ1) is 13.8. The van der Waals surface area contributed by atoms with Gasteiger partial charge < -0.3 is 5.32 Å². The first-order chi connectivity index (χ1) is 10.1. The zero-order valence-electron chi connectivity index (χ0n) is 11.4. The van der Waals surface area contributed by atoms with Gasteiger partial charge in [0, 0.05) is 16.1 Å². The molecule has 0 aliphatic rings. The minimum atomic E-state index is -0.141. The van der Waals surface area contributed by atoms with E-state index in [4.69, 9.17) is 0 Å². The van der Waals surface area contributed by atoms with E-state index in [1.807, 2.05) is 55.5 Å². The first-order valence-corrected chi connectivity index (χ1v) is 7.36. The van der Waals surface area contributed by atoms with Crippen molar-refractivity contribution in [2.45, 2.75) is 6.92 Å². The van der Waals surface area contributed by atoms with E-state index in [0.29, 0.717) is 5.56 Å². The number of hydrogen-bond acceptors (Lipinski definition) is 2. The third kappa shape index (κ3) is 2.81. The number of carbonyl (C=O) groups is 1. The van der Waals surface area contributed by atoms with Gasteiger partial charge in [-0.15, -0.1) is 0 Å². The highest BCUT2D eigenvalue weighted by Gasteiger charge is 2.11. The minimum absolute atomic E-state index is 0.141. The number of anilines is 1. The lowest BCUT2D eigenvalue weighted by atomic mass is 10.1. The summed E-state index contributed by atoms with van der Waals surface area (Å²) in [5.74, 6) is -0.141. The Hall–Kier alpha value is -2.20. The highest BCUT2D eigenvalue weighted by molar-refractivity contribution is 9.10. The van der Waals surface area contributed by atoms with Gasteiger partial charge in [0.2, 0.25) is 0 Å². The molecule has 0 bridgehead atoms. The highest BCUT2D eigenvalue weighted by atomic mass is 79.9. The normalized spacial score (nSPS) is 10.6. The van der Waals surface area contributed by atoms with Crippen LogP contribution in [0, 0.1) is 6.92 Å². The molecule has 1 amide bonds. The zero-order chi connectivity index (χ0) is 14.8. The highest BCUT2D eigenvalue weighted by Crippen LogP contribution is 2.24. The monoisotopic (exact) mass is 340 g/mol. The Bertz CT molecular complexity index is 825. The number of hydrogen-bond donors (Lipinski definition) is 1. The van der Waals surface area contributed by atoms with Gasteiger partial charge in [-0.3, -0.25) is 9.78 Å². The van der Waals surface area contributed by atoms with Crippen LogP contribution in [0.25, 0.3) is 10.9 Å². The van der Waals surface area contributed by atoms with Gasteiger partial charge in [-0.25, -0.2) is 0 Å². The largest absolute Gasteiger partial charge is 0.321 e. The van der Waals surface area contributed by atoms with Crippen molar-refractivity contribution in [1.29, 1.82) is 0 Å². The molecule has 2 aromatic carbocycles. The van der Waals surface area contributed by atoms with E-state index in [1.165, 1.54) is 0 Å². The molecule has 0 atom stereocenters. The quantitative estimate of drug-likeness (QED) is 0.743. The molecule has 1 N–H and O–H groups in total. The van der Waals surface area contributed by atoms with Gasteiger partial charge >= 0.3 is 0 Å². The summed E-state index contributed by atoms with van der Waals surface area (Å²) in [4.78, 5) is 16.7. The fourth-order valence-corrected chi connectivity index (χ4v) is 2.88. The van der Waals surface area contributed by atoms with Crippen LogP contribution >= 0.6 is 15.9 Å². The maximum Gasteiger partial charge on any atom is 0.256 e. The number of rotatable bonds is 2. The van der Waals surface area contributed by atoms with Crippen LogP contribution in [-0.2, 0) is 0 Å². The lowest BCUT2D eigenvalue weighted by molar-refractivity contribution is 0.102. The maximum absolute atomic E-state index is 12.4. The lowest BCUT2D eigenvalue weighted by Crippen LogP contribution is -2.13. The Morgan fingerprint density at radius 1 is 1.14 bits per heavy atom. The Kier molecular flexibility index (Phi) is 3.71. The molecule has 3 rings (SSSR count). The van der Waals surface area contributed by atoms with Crippen LogP contribution in [0.1, 0.15) is 15.9 Å². The van der Waals surface area contributed by atoms with E-state index >= 15 is 0 Å². The van der Waals surface area contributed by atoms with Crippen LogP contribution in [-0.4, -0.2) is 10.9 Å². The topological polar surface area (TPSA) is 42.0 Å². The van der Waals surface area contributed by atoms with E-state index in [0.717, 1.165) is 26.6 Å². The van der Waals surface area contributed by atoms with Gasteiger partial charge in [0.15, 0.2) is 0 Å². The van der Waals surface area contributed by atoms with Gasteiger partial charge in [0.05, 0.1) is 16.8 Å². The number of nitrogens with zero attached hydrogens (tertiary/aromatic N) is 1. The van der Waals surface area contributed by atoms with E-state index < -0.39 is 0 Å². The third-order valence-electron chi connectivity index (χ3n) is 3.26. The second kappa shape index (κ2) is 5.66. The molecule has 0 aliphatic heterocycles. The maximum atomic E-state index is 12.4. The number of halogens is 1. The summed E-state index contributed by atoms with van der Waals surface area (Å²) in [5, 5.41) is 3.88. The predicted molar refractivity (Wildman–Crippen MR) is 88.6 cm³/mol. The second-order valence-corrected chi connectivity index (χ2v) is 5.67. The number of carbonyl (C=O) groups excluding carboxylic acids is 1. The summed E-state index contributed by atoms with van der Waals surface area (Å²) < 4.78 is 0.790. The van der Waals surface area contributed by atoms with Crippen LogP contribution < -0.4 is 5.32 Å². The smallest absolute Gasteiger partial charge is 0.256 e. The molecule has 4 heteroatoms. The average molecular weight is 341 g/mol. The number of fused-ring (bicyclic) bond motifs is 1. The van der Waals surface area contributed by atoms with Crippen LogP contribution in [0.4, 0.5) is 5.69 Å². The van der Waals surface area contributed by atoms with E-state index in [1.54, 1.807) is 6.20 Å². The number of pyridine rings is 1. The van der Waals surface area contributed by atoms with Crippen molar-refractivity contribution < 1.29 is 4.79 Å². The average Bonchev–Trinajstić information content (AvgIpc) is 2.47. The van der Waals surface area contributed by atoms with Crippen molar-refractivity contribution in [3.8, 4) is 0 Å². The molecule has 0 spiro atoms. The number of amides is 1. The summed E-state index contributed by atoms with van der Waals surface area (Å²) in [5.41, 5.74) is 3.34. The lowest BCUT2D eigenvalue weighted by Gasteiger charge is -2.09. The summed E-state index contributed by atoms with van der Waals surface area (Å²) in [6.45, 7) is 1.99. The van der Waals surface area contributed by atoms with Gasteiger partial charge in [0.1, 0.15) is 0 Å². The molecule has 3 aromatic rings. The summed E-state index contributed by atoms with van der Waals surface area (Å²) in [7, 11) is 0. The van der Waals surface area contributed by atoms with Crippen molar-refractivity contribution in [3.05, 3.63) is 70.3 Å². The molecule has 0 radical (unpaired) electrons. The summed E-state index contributed by atoms with van der Waals surface area (Å²) in [6, 6.07) is 15.2. The van der Waals surface area contributed by atoms with Crippen LogP contribution in [0.15, 0.2) is 59.2 Å². The molecule has 0 fully saturated rings. The summed E-state index contributed by atoms with van der Waals surface area (Å²) in [6.07, 6.45) is 1.74. The fourth-order valence-electron chi connectivity index (χ4n) is 2.21. The molecule has 0 unspecified atom stereocenters. The molecule has 3 nitrogen and oxygen atoms in total. The Labute approximate surface area is 131 Å². The Balaban J connectivity index is 1.97. The molecule has 0 saturated heterocycles. The van der Waals surface area contributed by atoms with Crippen LogP contribution in [0.2, 0.25) is 0 Å². The molecule has 104 valence electrons. The zero-order valence-corrected chi connectivity index (χ0v) is 13.0. The standard InChI is InChI=1S/C17H13BrN2O/c1-11-7-8-12(14(18)10-11)17(21)20-16-6-2-5-15-13(16)4-3-9-19-15/h2-10H,1H3,(H,20,21). The van der Waals surface area contributed by atoms with Crippen molar-refractivity contribution in [2.24, 2.45) is 0 Å². The second-order valence-electron chi connectivity index (χ2n) is 4.81. The Morgan fingerprint density at radius 2 is 2.00 bits per heavy atom. The van der Waals surface area contributed by atoms with Gasteiger partial charge in [0.25, 0.3) is 5.91 Å². The van der Waals surface area contributed by atoms with Crippen molar-refractivity contribution >= 4 is 38.4 Å². The minimum Gasteiger partial charge on any atom is -0.321 e. The number of nitrogens with one attached hydrogen (secondary N) is 1. The van der Waals surface area contributed by atoms with Crippen LogP contribution in [0.3, 0.4) is 0 Å². The third-order valence-corrected chi connectivity index (χ3v) is 3.92. The molecule has 1 heterocycles. The van der Waals surface area contributed by atoms with Crippen molar-refractivity contribution in [1.82, 2.24) is 4.98 Å². The van der Waals surface area contributed by atoms with E-state index in [2.05, 4.69) is 26.2 Å². The fraction of sp³-hybridized carbons (Fsp3) is 0.0588. The predicted octanol–water partition coefficient (Wildman–Crippen LogP) is 4.56. The number of aromatic nitrogens is 1. The SMILES string of the molecule is Cc1ccc(C(=O)Nc2cccc3ncccc23)c(Br)c1. The first-order valence-electron chi connectivity index (χ1n) is 6.56. The van der Waals surface area contributed by atoms with Gasteiger partial charge in [-0.1, -0.05) is 12.1 Å². The Morgan fingerprint density at radius 3 is 2.81 bits per heavy atom. The van der Waals surface area contributed by atoms with E-state index in [9.17, 15) is 4.79 Å². The van der Waals surface area contributed by atoms with Gasteiger partial charge in [-0.05, 0) is 64.8 Å².